The molecule has 7 heteroatoms. The molecule has 3 heterocycles. The smallest absolute Gasteiger partial charge is 0.282 e. The first-order valence-electron chi connectivity index (χ1n) is 10.5. The molecule has 1 aromatic heterocycles. The fourth-order valence-corrected chi connectivity index (χ4v) is 5.05. The summed E-state index contributed by atoms with van der Waals surface area (Å²) >= 11 is 1.44. The molecule has 2 aromatic carbocycles. The maximum Gasteiger partial charge on any atom is 0.282 e. The number of thiophene rings is 1. The van der Waals surface area contributed by atoms with E-state index >= 15 is 0 Å². The zero-order chi connectivity index (χ0) is 22.2. The number of anilines is 2. The maximum absolute atomic E-state index is 13.5. The Morgan fingerprint density at radius 2 is 1.53 bits per heavy atom. The molecule has 0 radical (unpaired) electrons. The Kier molecular flexibility index (Phi) is 5.27. The number of hydrogen-bond donors (Lipinski definition) is 0. The minimum Gasteiger partial charge on any atom is -0.368 e. The van der Waals surface area contributed by atoms with Crippen LogP contribution < -0.4 is 9.80 Å². The highest BCUT2D eigenvalue weighted by atomic mass is 32.1. The standard InChI is InChI=1S/C25H22FN3O2S/c1-17-4-2-5-20(16-17)27-11-13-28(14-12-27)23-22(21-6-3-15-32-21)24(30)29(25(23)31)19-9-7-18(26)8-10-19/h2-10,15-16H,11-14H2,1H3. The van der Waals surface area contributed by atoms with Crippen LogP contribution >= 0.6 is 11.3 Å². The number of nitrogens with zero attached hydrogens (tertiary/aromatic N) is 3. The lowest BCUT2D eigenvalue weighted by molar-refractivity contribution is -0.120. The number of halogens is 1. The number of rotatable bonds is 4. The quantitative estimate of drug-likeness (QED) is 0.560. The summed E-state index contributed by atoms with van der Waals surface area (Å²) in [6, 6.07) is 17.6. The van der Waals surface area contributed by atoms with Crippen molar-refractivity contribution in [2.24, 2.45) is 0 Å². The summed E-state index contributed by atoms with van der Waals surface area (Å²) < 4.78 is 13.4. The molecular weight excluding hydrogens is 425 g/mol. The normalized spacial score (nSPS) is 17.0. The van der Waals surface area contributed by atoms with Crippen LogP contribution in [0.2, 0.25) is 0 Å². The summed E-state index contributed by atoms with van der Waals surface area (Å²) in [6.07, 6.45) is 0. The van der Waals surface area contributed by atoms with Crippen molar-refractivity contribution in [1.29, 1.82) is 0 Å². The van der Waals surface area contributed by atoms with Gasteiger partial charge in [-0.15, -0.1) is 11.3 Å². The Bertz CT molecular complexity index is 1200. The molecule has 0 unspecified atom stereocenters. The molecule has 0 spiro atoms. The van der Waals surface area contributed by atoms with Gasteiger partial charge in [-0.05, 0) is 60.3 Å². The monoisotopic (exact) mass is 447 g/mol. The molecule has 0 atom stereocenters. The van der Waals surface area contributed by atoms with Gasteiger partial charge in [0.2, 0.25) is 0 Å². The minimum atomic E-state index is -0.410. The second kappa shape index (κ2) is 8.24. The van der Waals surface area contributed by atoms with E-state index < -0.39 is 5.82 Å². The van der Waals surface area contributed by atoms with Gasteiger partial charge in [-0.25, -0.2) is 9.29 Å². The highest BCUT2D eigenvalue weighted by Crippen LogP contribution is 2.37. The summed E-state index contributed by atoms with van der Waals surface area (Å²) in [5.74, 6) is -1.12. The van der Waals surface area contributed by atoms with Gasteiger partial charge in [0.15, 0.2) is 0 Å². The van der Waals surface area contributed by atoms with Crippen LogP contribution in [-0.2, 0) is 9.59 Å². The Hall–Kier alpha value is -3.45. The van der Waals surface area contributed by atoms with E-state index in [1.165, 1.54) is 46.9 Å². The van der Waals surface area contributed by atoms with E-state index in [0.29, 0.717) is 30.0 Å². The van der Waals surface area contributed by atoms with Gasteiger partial charge in [0.05, 0.1) is 11.3 Å². The van der Waals surface area contributed by atoms with E-state index in [4.69, 9.17) is 0 Å². The van der Waals surface area contributed by atoms with Gasteiger partial charge in [-0.3, -0.25) is 9.59 Å². The van der Waals surface area contributed by atoms with Gasteiger partial charge in [-0.2, -0.15) is 0 Å². The number of carbonyl (C=O) groups excluding carboxylic acids is 2. The summed E-state index contributed by atoms with van der Waals surface area (Å²) in [5.41, 5.74) is 3.62. The van der Waals surface area contributed by atoms with Crippen LogP contribution in [0.5, 0.6) is 0 Å². The lowest BCUT2D eigenvalue weighted by Crippen LogP contribution is -2.47. The third kappa shape index (κ3) is 3.58. The van der Waals surface area contributed by atoms with Crippen molar-refractivity contribution in [2.45, 2.75) is 6.92 Å². The average Bonchev–Trinajstić information content (AvgIpc) is 3.41. The van der Waals surface area contributed by atoms with E-state index in [9.17, 15) is 14.0 Å². The SMILES string of the molecule is Cc1cccc(N2CCN(C3=C(c4cccs4)C(=O)N(c4ccc(F)cc4)C3=O)CC2)c1. The summed E-state index contributed by atoms with van der Waals surface area (Å²) in [5, 5.41) is 1.90. The zero-order valence-corrected chi connectivity index (χ0v) is 18.4. The first-order chi connectivity index (χ1) is 15.5. The van der Waals surface area contributed by atoms with Crippen molar-refractivity contribution in [2.75, 3.05) is 36.0 Å². The highest BCUT2D eigenvalue weighted by Gasteiger charge is 2.43. The van der Waals surface area contributed by atoms with E-state index in [-0.39, 0.29) is 11.8 Å². The molecule has 2 aliphatic heterocycles. The van der Waals surface area contributed by atoms with E-state index in [2.05, 4.69) is 30.0 Å². The number of benzene rings is 2. The number of hydrogen-bond acceptors (Lipinski definition) is 5. The zero-order valence-electron chi connectivity index (χ0n) is 17.6. The van der Waals surface area contributed by atoms with Crippen molar-refractivity contribution in [3.63, 3.8) is 0 Å². The third-order valence-corrected chi connectivity index (χ3v) is 6.76. The van der Waals surface area contributed by atoms with Crippen molar-refractivity contribution in [3.05, 3.63) is 88.0 Å². The van der Waals surface area contributed by atoms with Crippen molar-refractivity contribution in [1.82, 2.24) is 4.90 Å². The van der Waals surface area contributed by atoms with Crippen LogP contribution in [0.25, 0.3) is 5.57 Å². The first-order valence-corrected chi connectivity index (χ1v) is 11.4. The van der Waals surface area contributed by atoms with E-state index in [1.54, 1.807) is 0 Å². The lowest BCUT2D eigenvalue weighted by atomic mass is 10.1. The summed E-state index contributed by atoms with van der Waals surface area (Å²) in [7, 11) is 0. The van der Waals surface area contributed by atoms with Gasteiger partial charge in [0, 0.05) is 36.7 Å². The predicted molar refractivity (Wildman–Crippen MR) is 125 cm³/mol. The molecule has 2 aliphatic rings. The summed E-state index contributed by atoms with van der Waals surface area (Å²) in [4.78, 5) is 33.2. The molecule has 3 aromatic rings. The number of piperazine rings is 1. The molecule has 1 saturated heterocycles. The van der Waals surface area contributed by atoms with Crippen LogP contribution in [0.1, 0.15) is 10.4 Å². The van der Waals surface area contributed by atoms with E-state index in [0.717, 1.165) is 22.9 Å². The van der Waals surface area contributed by atoms with Gasteiger partial charge >= 0.3 is 0 Å². The first kappa shape index (κ1) is 20.5. The number of carbonyl (C=O) groups is 2. The van der Waals surface area contributed by atoms with E-state index in [1.807, 2.05) is 28.5 Å². The summed E-state index contributed by atoms with van der Waals surface area (Å²) in [6.45, 7) is 4.85. The molecule has 0 bridgehead atoms. The fraction of sp³-hybridized carbons (Fsp3) is 0.200. The number of amides is 2. The fourth-order valence-electron chi connectivity index (χ4n) is 4.29. The minimum absolute atomic E-state index is 0.353. The lowest BCUT2D eigenvalue weighted by Gasteiger charge is -2.37. The molecule has 5 nitrogen and oxygen atoms in total. The molecule has 32 heavy (non-hydrogen) atoms. The van der Waals surface area contributed by atoms with Crippen LogP contribution in [0.15, 0.2) is 71.7 Å². The van der Waals surface area contributed by atoms with Crippen LogP contribution in [0.4, 0.5) is 15.8 Å². The molecule has 2 amide bonds. The van der Waals surface area contributed by atoms with Crippen molar-refractivity contribution >= 4 is 40.1 Å². The molecule has 5 rings (SSSR count). The Balaban J connectivity index is 1.46. The molecule has 0 aliphatic carbocycles. The topological polar surface area (TPSA) is 43.9 Å². The van der Waals surface area contributed by atoms with Crippen LogP contribution in [0.3, 0.4) is 0 Å². The largest absolute Gasteiger partial charge is 0.368 e. The van der Waals surface area contributed by atoms with Crippen LogP contribution in [0, 0.1) is 12.7 Å². The molecule has 0 N–H and O–H groups in total. The maximum atomic E-state index is 13.5. The molecule has 0 saturated carbocycles. The number of imide groups is 1. The van der Waals surface area contributed by atoms with Crippen molar-refractivity contribution < 1.29 is 14.0 Å². The van der Waals surface area contributed by atoms with Gasteiger partial charge in [0.1, 0.15) is 11.5 Å². The Morgan fingerprint density at radius 1 is 0.812 bits per heavy atom. The predicted octanol–water partition coefficient (Wildman–Crippen LogP) is 4.30. The molecule has 162 valence electrons. The second-order valence-corrected chi connectivity index (χ2v) is 8.88. The highest BCUT2D eigenvalue weighted by molar-refractivity contribution is 7.11. The second-order valence-electron chi connectivity index (χ2n) is 7.94. The Morgan fingerprint density at radius 3 is 2.19 bits per heavy atom. The van der Waals surface area contributed by atoms with Crippen molar-refractivity contribution in [3.8, 4) is 0 Å². The van der Waals surface area contributed by atoms with Gasteiger partial charge < -0.3 is 9.80 Å². The molecule has 1 fully saturated rings. The average molecular weight is 448 g/mol. The van der Waals surface area contributed by atoms with Crippen LogP contribution in [-0.4, -0.2) is 42.9 Å². The van der Waals surface area contributed by atoms with Gasteiger partial charge in [-0.1, -0.05) is 18.2 Å². The molecular formula is C25H22FN3O2S. The number of aryl methyl sites for hydroxylation is 1. The Labute approximate surface area is 190 Å². The van der Waals surface area contributed by atoms with Gasteiger partial charge in [0.25, 0.3) is 11.8 Å². The third-order valence-electron chi connectivity index (χ3n) is 5.87.